The smallest absolute Gasteiger partial charge is 0.123 e. The Hall–Kier alpha value is -1.12. The van der Waals surface area contributed by atoms with Crippen molar-refractivity contribution in [2.24, 2.45) is 17.8 Å². The molecule has 0 aromatic heterocycles. The molecule has 27 heavy (non-hydrogen) atoms. The summed E-state index contributed by atoms with van der Waals surface area (Å²) in [5.74, 6) is 2.22. The van der Waals surface area contributed by atoms with Gasteiger partial charge < -0.3 is 4.98 Å². The van der Waals surface area contributed by atoms with Gasteiger partial charge in [0, 0.05) is 5.54 Å². The fourth-order valence-corrected chi connectivity index (χ4v) is 10.9. The van der Waals surface area contributed by atoms with E-state index in [0.717, 1.165) is 17.4 Å². The van der Waals surface area contributed by atoms with Crippen LogP contribution in [-0.2, 0) is 5.41 Å². The summed E-state index contributed by atoms with van der Waals surface area (Å²) >= 11 is 0. The van der Waals surface area contributed by atoms with Gasteiger partial charge in [0.2, 0.25) is 0 Å². The molecule has 0 amide bonds. The van der Waals surface area contributed by atoms with Crippen LogP contribution < -0.4 is 4.98 Å². The molecule has 148 valence electrons. The molecule has 0 heterocycles. The normalized spacial score (nSPS) is 28.4. The predicted octanol–water partition coefficient (Wildman–Crippen LogP) is 6.70. The van der Waals surface area contributed by atoms with E-state index in [9.17, 15) is 0 Å². The molecule has 1 N–H and O–H groups in total. The van der Waals surface area contributed by atoms with Gasteiger partial charge in [0.1, 0.15) is 8.24 Å². The van der Waals surface area contributed by atoms with E-state index in [2.05, 4.69) is 107 Å². The van der Waals surface area contributed by atoms with E-state index in [-0.39, 0.29) is 11.0 Å². The van der Waals surface area contributed by atoms with E-state index in [1.807, 2.05) is 0 Å². The second kappa shape index (κ2) is 7.37. The van der Waals surface area contributed by atoms with Gasteiger partial charge in [0.05, 0.1) is 0 Å². The summed E-state index contributed by atoms with van der Waals surface area (Å²) in [6.45, 7) is 17.0. The molecule has 2 aliphatic carbocycles. The van der Waals surface area contributed by atoms with E-state index in [4.69, 9.17) is 0 Å². The Labute approximate surface area is 168 Å². The summed E-state index contributed by atoms with van der Waals surface area (Å²) in [5, 5.41) is 0. The number of nitrogens with one attached hydrogen (secondary N) is 1. The van der Waals surface area contributed by atoms with Gasteiger partial charge in [-0.1, -0.05) is 81.6 Å². The maximum Gasteiger partial charge on any atom is 0.123 e. The van der Waals surface area contributed by atoms with E-state index in [0.29, 0.717) is 5.92 Å². The minimum absolute atomic E-state index is 0.182. The van der Waals surface area contributed by atoms with Crippen molar-refractivity contribution in [1.29, 1.82) is 0 Å². The number of benzene rings is 1. The van der Waals surface area contributed by atoms with Gasteiger partial charge in [0.25, 0.3) is 0 Å². The monoisotopic (exact) mass is 381 g/mol. The lowest BCUT2D eigenvalue weighted by Crippen LogP contribution is -2.59. The van der Waals surface area contributed by atoms with Crippen LogP contribution in [0.25, 0.3) is 0 Å². The minimum Gasteiger partial charge on any atom is -0.332 e. The van der Waals surface area contributed by atoms with Crippen molar-refractivity contribution in [2.75, 3.05) is 0 Å². The highest BCUT2D eigenvalue weighted by molar-refractivity contribution is 6.76. The SMILES string of the molecule is CC(C)(C)N[Si](C)(C)C1C(CC(C)(C)c2ccccc2)CC2C=CC=CC21. The lowest BCUT2D eigenvalue weighted by Gasteiger charge is -2.44. The summed E-state index contributed by atoms with van der Waals surface area (Å²) in [6, 6.07) is 11.1. The van der Waals surface area contributed by atoms with Gasteiger partial charge >= 0.3 is 0 Å². The van der Waals surface area contributed by atoms with Crippen molar-refractivity contribution in [3.05, 3.63) is 60.2 Å². The summed E-state index contributed by atoms with van der Waals surface area (Å²) < 4.78 is 0. The molecule has 4 atom stereocenters. The molecule has 1 saturated carbocycles. The van der Waals surface area contributed by atoms with Crippen molar-refractivity contribution >= 4 is 8.24 Å². The van der Waals surface area contributed by atoms with Crippen LogP contribution in [0.2, 0.25) is 18.6 Å². The zero-order valence-electron chi connectivity index (χ0n) is 18.4. The van der Waals surface area contributed by atoms with Crippen LogP contribution >= 0.6 is 0 Å². The Morgan fingerprint density at radius 2 is 1.59 bits per heavy atom. The van der Waals surface area contributed by atoms with Crippen LogP contribution in [0.5, 0.6) is 0 Å². The molecule has 1 nitrogen and oxygen atoms in total. The molecule has 0 spiro atoms. The highest BCUT2D eigenvalue weighted by atomic mass is 28.3. The summed E-state index contributed by atoms with van der Waals surface area (Å²) in [7, 11) is -1.61. The van der Waals surface area contributed by atoms with Crippen LogP contribution in [-0.4, -0.2) is 13.8 Å². The molecule has 2 aliphatic rings. The molecule has 3 rings (SSSR count). The molecule has 1 fully saturated rings. The van der Waals surface area contributed by atoms with Crippen LogP contribution in [0, 0.1) is 17.8 Å². The molecule has 1 aromatic rings. The van der Waals surface area contributed by atoms with Crippen LogP contribution in [0.1, 0.15) is 53.0 Å². The van der Waals surface area contributed by atoms with Gasteiger partial charge in [-0.2, -0.15) is 0 Å². The summed E-state index contributed by atoms with van der Waals surface area (Å²) in [4.78, 5) is 4.11. The average Bonchev–Trinajstić information content (AvgIpc) is 2.91. The Morgan fingerprint density at radius 3 is 2.22 bits per heavy atom. The Kier molecular flexibility index (Phi) is 5.62. The summed E-state index contributed by atoms with van der Waals surface area (Å²) in [5.41, 5.74) is 2.66. The number of rotatable bonds is 5. The molecule has 0 saturated heterocycles. The standard InChI is InChI=1S/C25H39NSi/c1-24(2,3)26-27(6,7)23-20(17-19-13-11-12-16-22(19)23)18-25(4,5)21-14-9-8-10-15-21/h8-16,19-20,22-23,26H,17-18H2,1-7H3. The van der Waals surface area contributed by atoms with E-state index >= 15 is 0 Å². The first-order valence-electron chi connectivity index (χ1n) is 10.7. The molecule has 1 aromatic carbocycles. The van der Waals surface area contributed by atoms with Crippen LogP contribution in [0.4, 0.5) is 0 Å². The highest BCUT2D eigenvalue weighted by Crippen LogP contribution is 2.55. The Bertz CT molecular complexity index is 693. The molecule has 0 radical (unpaired) electrons. The molecule has 0 aliphatic heterocycles. The topological polar surface area (TPSA) is 12.0 Å². The third-order valence-corrected chi connectivity index (χ3v) is 10.6. The predicted molar refractivity (Wildman–Crippen MR) is 122 cm³/mol. The fraction of sp³-hybridized carbons (Fsp3) is 0.600. The molecule has 4 unspecified atom stereocenters. The second-order valence-electron chi connectivity index (χ2n) is 11.1. The van der Waals surface area contributed by atoms with Gasteiger partial charge in [0.15, 0.2) is 0 Å². The van der Waals surface area contributed by atoms with Gasteiger partial charge in [-0.05, 0) is 67.9 Å². The van der Waals surface area contributed by atoms with Gasteiger partial charge in [-0.15, -0.1) is 0 Å². The van der Waals surface area contributed by atoms with Crippen molar-refractivity contribution in [3.8, 4) is 0 Å². The zero-order chi connectivity index (χ0) is 19.9. The first kappa shape index (κ1) is 20.6. The average molecular weight is 382 g/mol. The molecular formula is C25H39NSi. The number of hydrogen-bond donors (Lipinski definition) is 1. The quantitative estimate of drug-likeness (QED) is 0.560. The second-order valence-corrected chi connectivity index (χ2v) is 15.4. The van der Waals surface area contributed by atoms with Crippen molar-refractivity contribution < 1.29 is 0 Å². The lowest BCUT2D eigenvalue weighted by molar-refractivity contribution is 0.350. The summed E-state index contributed by atoms with van der Waals surface area (Å²) in [6.07, 6.45) is 12.2. The number of fused-ring (bicyclic) bond motifs is 1. The molecule has 2 heteroatoms. The zero-order valence-corrected chi connectivity index (χ0v) is 19.4. The highest BCUT2D eigenvalue weighted by Gasteiger charge is 2.51. The molecular weight excluding hydrogens is 342 g/mol. The Morgan fingerprint density at radius 1 is 0.963 bits per heavy atom. The van der Waals surface area contributed by atoms with Gasteiger partial charge in [-0.3, -0.25) is 0 Å². The maximum absolute atomic E-state index is 4.11. The first-order chi connectivity index (χ1) is 12.5. The van der Waals surface area contributed by atoms with Crippen LogP contribution in [0.15, 0.2) is 54.6 Å². The third-order valence-electron chi connectivity index (χ3n) is 6.65. The van der Waals surface area contributed by atoms with Crippen molar-refractivity contribution in [1.82, 2.24) is 4.98 Å². The maximum atomic E-state index is 4.11. The largest absolute Gasteiger partial charge is 0.332 e. The van der Waals surface area contributed by atoms with Crippen LogP contribution in [0.3, 0.4) is 0 Å². The van der Waals surface area contributed by atoms with Crippen molar-refractivity contribution in [2.45, 2.75) is 77.0 Å². The van der Waals surface area contributed by atoms with E-state index in [1.165, 1.54) is 18.4 Å². The minimum atomic E-state index is -1.61. The number of hydrogen-bond acceptors (Lipinski definition) is 1. The first-order valence-corrected chi connectivity index (χ1v) is 13.8. The Balaban J connectivity index is 1.90. The fourth-order valence-electron chi connectivity index (χ4n) is 6.10. The van der Waals surface area contributed by atoms with E-state index in [1.54, 1.807) is 0 Å². The molecule has 0 bridgehead atoms. The van der Waals surface area contributed by atoms with Gasteiger partial charge in [-0.25, -0.2) is 0 Å². The third kappa shape index (κ3) is 4.66. The van der Waals surface area contributed by atoms with Crippen molar-refractivity contribution in [3.63, 3.8) is 0 Å². The lowest BCUT2D eigenvalue weighted by atomic mass is 9.76. The number of allylic oxidation sites excluding steroid dienone is 4. The van der Waals surface area contributed by atoms with E-state index < -0.39 is 8.24 Å².